The van der Waals surface area contributed by atoms with E-state index < -0.39 is 5.97 Å². The number of ether oxygens (including phenoxy) is 1. The van der Waals surface area contributed by atoms with Gasteiger partial charge >= 0.3 is 5.97 Å². The van der Waals surface area contributed by atoms with Crippen LogP contribution in [-0.4, -0.2) is 25.0 Å². The highest BCUT2D eigenvalue weighted by molar-refractivity contribution is 5.94. The Morgan fingerprint density at radius 2 is 1.88 bits per heavy atom. The van der Waals surface area contributed by atoms with Gasteiger partial charge in [-0.2, -0.15) is 0 Å². The molecule has 0 aromatic rings. The van der Waals surface area contributed by atoms with Crippen molar-refractivity contribution in [1.82, 2.24) is 5.32 Å². The number of rotatable bonds is 6. The molecule has 0 fully saturated rings. The highest BCUT2D eigenvalue weighted by atomic mass is 16.5. The third-order valence-corrected chi connectivity index (χ3v) is 2.91. The Bertz CT molecular complexity index is 247. The average molecular weight is 229 g/mol. The minimum absolute atomic E-state index is 0.0321. The van der Waals surface area contributed by atoms with Crippen LogP contribution >= 0.6 is 0 Å². The first kappa shape index (κ1) is 14.9. The third kappa shape index (κ3) is 5.73. The van der Waals surface area contributed by atoms with Crippen molar-refractivity contribution in [2.75, 3.05) is 13.2 Å². The van der Waals surface area contributed by atoms with E-state index in [2.05, 4.69) is 33.0 Å². The van der Waals surface area contributed by atoms with Crippen LogP contribution in [0.1, 0.15) is 41.0 Å². The van der Waals surface area contributed by atoms with Gasteiger partial charge < -0.3 is 10.1 Å². The van der Waals surface area contributed by atoms with Gasteiger partial charge in [0.25, 0.3) is 0 Å². The van der Waals surface area contributed by atoms with Crippen molar-refractivity contribution in [1.29, 1.82) is 0 Å². The molecular formula is C12H23NO3. The van der Waals surface area contributed by atoms with Gasteiger partial charge in [-0.05, 0) is 18.3 Å². The van der Waals surface area contributed by atoms with Gasteiger partial charge in [-0.1, -0.05) is 27.7 Å². The first-order chi connectivity index (χ1) is 7.29. The number of amides is 1. The van der Waals surface area contributed by atoms with Crippen LogP contribution in [0.15, 0.2) is 0 Å². The number of hydrogen-bond donors (Lipinski definition) is 1. The zero-order chi connectivity index (χ0) is 12.8. The Morgan fingerprint density at radius 1 is 1.31 bits per heavy atom. The van der Waals surface area contributed by atoms with Crippen molar-refractivity contribution in [3.05, 3.63) is 0 Å². The number of carbonyl (C=O) groups excluding carboxylic acids is 2. The lowest BCUT2D eigenvalue weighted by Gasteiger charge is -2.29. The maximum Gasteiger partial charge on any atom is 0.315 e. The summed E-state index contributed by atoms with van der Waals surface area (Å²) in [6.07, 6.45) is -0.192. The Labute approximate surface area is 97.7 Å². The lowest BCUT2D eigenvalue weighted by atomic mass is 9.81. The maximum atomic E-state index is 11.4. The van der Waals surface area contributed by atoms with E-state index in [0.717, 1.165) is 0 Å². The van der Waals surface area contributed by atoms with Gasteiger partial charge in [0.05, 0.1) is 6.61 Å². The van der Waals surface area contributed by atoms with Crippen LogP contribution in [-0.2, 0) is 14.3 Å². The molecule has 0 unspecified atom stereocenters. The zero-order valence-electron chi connectivity index (χ0n) is 10.9. The molecule has 0 aliphatic rings. The highest BCUT2D eigenvalue weighted by Crippen LogP contribution is 2.24. The van der Waals surface area contributed by atoms with Gasteiger partial charge in [-0.3, -0.25) is 9.59 Å². The summed E-state index contributed by atoms with van der Waals surface area (Å²) in [5.41, 5.74) is 0.0321. The van der Waals surface area contributed by atoms with Crippen LogP contribution in [0.2, 0.25) is 0 Å². The van der Waals surface area contributed by atoms with E-state index in [1.807, 2.05) is 0 Å². The molecule has 0 heterocycles. The fourth-order valence-corrected chi connectivity index (χ4v) is 0.936. The van der Waals surface area contributed by atoms with Crippen molar-refractivity contribution >= 4 is 11.9 Å². The quantitative estimate of drug-likeness (QED) is 0.557. The molecule has 0 aromatic heterocycles. The highest BCUT2D eigenvalue weighted by Gasteiger charge is 2.23. The molecule has 4 heteroatoms. The van der Waals surface area contributed by atoms with Crippen LogP contribution in [0.5, 0.6) is 0 Å². The molecule has 0 bridgehead atoms. The van der Waals surface area contributed by atoms with Crippen LogP contribution < -0.4 is 5.32 Å². The summed E-state index contributed by atoms with van der Waals surface area (Å²) in [4.78, 5) is 22.4. The van der Waals surface area contributed by atoms with Gasteiger partial charge in [0.1, 0.15) is 6.42 Å². The minimum atomic E-state index is -0.470. The lowest BCUT2D eigenvalue weighted by molar-refractivity contribution is -0.146. The fraction of sp³-hybridized carbons (Fsp3) is 0.833. The van der Waals surface area contributed by atoms with Crippen LogP contribution in [0.4, 0.5) is 0 Å². The zero-order valence-corrected chi connectivity index (χ0v) is 10.9. The normalized spacial score (nSPS) is 11.4. The summed E-state index contributed by atoms with van der Waals surface area (Å²) in [6.45, 7) is 11.0. The number of hydrogen-bond acceptors (Lipinski definition) is 3. The van der Waals surface area contributed by atoms with E-state index in [0.29, 0.717) is 19.1 Å². The maximum absolute atomic E-state index is 11.4. The second kappa shape index (κ2) is 6.51. The van der Waals surface area contributed by atoms with Crippen LogP contribution in [0.25, 0.3) is 0 Å². The Kier molecular flexibility index (Phi) is 6.08. The monoisotopic (exact) mass is 229 g/mol. The first-order valence-electron chi connectivity index (χ1n) is 5.72. The lowest BCUT2D eigenvalue weighted by Crippen LogP contribution is -2.37. The predicted octanol–water partition coefficient (Wildman–Crippen LogP) is 1.74. The molecule has 0 spiro atoms. The van der Waals surface area contributed by atoms with E-state index >= 15 is 0 Å². The van der Waals surface area contributed by atoms with Gasteiger partial charge in [-0.15, -0.1) is 0 Å². The SMILES string of the molecule is CCOC(=O)CC(=O)NCC(C)(C)C(C)C. The van der Waals surface area contributed by atoms with E-state index in [-0.39, 0.29) is 17.7 Å². The van der Waals surface area contributed by atoms with Gasteiger partial charge in [0.15, 0.2) is 0 Å². The summed E-state index contributed by atoms with van der Waals surface area (Å²) < 4.78 is 4.69. The molecule has 94 valence electrons. The van der Waals surface area contributed by atoms with Gasteiger partial charge in [-0.25, -0.2) is 0 Å². The predicted molar refractivity (Wildman–Crippen MR) is 62.9 cm³/mol. The second-order valence-corrected chi connectivity index (χ2v) is 4.90. The summed E-state index contributed by atoms with van der Waals surface area (Å²) in [5, 5.41) is 2.75. The first-order valence-corrected chi connectivity index (χ1v) is 5.72. The molecule has 0 atom stereocenters. The van der Waals surface area contributed by atoms with Gasteiger partial charge in [0, 0.05) is 6.54 Å². The van der Waals surface area contributed by atoms with E-state index in [1.165, 1.54) is 0 Å². The molecule has 0 rings (SSSR count). The topological polar surface area (TPSA) is 55.4 Å². The largest absolute Gasteiger partial charge is 0.466 e. The molecule has 0 aromatic carbocycles. The minimum Gasteiger partial charge on any atom is -0.466 e. The molecule has 0 saturated heterocycles. The molecule has 0 aliphatic heterocycles. The van der Waals surface area contributed by atoms with E-state index in [4.69, 9.17) is 4.74 Å². The molecule has 0 radical (unpaired) electrons. The van der Waals surface area contributed by atoms with Gasteiger partial charge in [0.2, 0.25) is 5.91 Å². The average Bonchev–Trinajstić information content (AvgIpc) is 2.15. The van der Waals surface area contributed by atoms with E-state index in [1.54, 1.807) is 6.92 Å². The molecular weight excluding hydrogens is 206 g/mol. The summed E-state index contributed by atoms with van der Waals surface area (Å²) >= 11 is 0. The van der Waals surface area contributed by atoms with Crippen LogP contribution in [0.3, 0.4) is 0 Å². The molecule has 0 aliphatic carbocycles. The summed E-state index contributed by atoms with van der Waals surface area (Å²) in [7, 11) is 0. The Morgan fingerprint density at radius 3 is 2.31 bits per heavy atom. The van der Waals surface area contributed by atoms with Crippen molar-refractivity contribution in [2.45, 2.75) is 41.0 Å². The molecule has 1 N–H and O–H groups in total. The number of nitrogens with one attached hydrogen (secondary N) is 1. The van der Waals surface area contributed by atoms with Crippen molar-refractivity contribution in [3.8, 4) is 0 Å². The Balaban J connectivity index is 3.94. The third-order valence-electron chi connectivity index (χ3n) is 2.91. The molecule has 1 amide bonds. The Hall–Kier alpha value is -1.06. The van der Waals surface area contributed by atoms with Crippen molar-refractivity contribution in [3.63, 3.8) is 0 Å². The molecule has 0 saturated carbocycles. The number of carbonyl (C=O) groups is 2. The van der Waals surface area contributed by atoms with Crippen molar-refractivity contribution in [2.24, 2.45) is 11.3 Å². The van der Waals surface area contributed by atoms with Crippen LogP contribution in [0, 0.1) is 11.3 Å². The fourth-order valence-electron chi connectivity index (χ4n) is 0.936. The molecule has 4 nitrogen and oxygen atoms in total. The van der Waals surface area contributed by atoms with Crippen molar-refractivity contribution < 1.29 is 14.3 Å². The smallest absolute Gasteiger partial charge is 0.315 e. The summed E-state index contributed by atoms with van der Waals surface area (Å²) in [5.74, 6) is -0.273. The standard InChI is InChI=1S/C12H23NO3/c1-6-16-11(15)7-10(14)13-8-12(4,5)9(2)3/h9H,6-8H2,1-5H3,(H,13,14). The number of esters is 1. The summed E-state index contributed by atoms with van der Waals surface area (Å²) in [6, 6.07) is 0. The second-order valence-electron chi connectivity index (χ2n) is 4.90. The van der Waals surface area contributed by atoms with E-state index in [9.17, 15) is 9.59 Å². The molecule has 16 heavy (non-hydrogen) atoms.